The molecule has 1 N–H and O–H groups in total. The summed E-state index contributed by atoms with van der Waals surface area (Å²) in [6, 6.07) is 18.5. The number of nitrogens with one attached hydrogen (secondary N) is 1. The van der Waals surface area contributed by atoms with Gasteiger partial charge in [-0.3, -0.25) is 0 Å². The molecule has 0 aromatic heterocycles. The largest absolute Gasteiger partial charge is 0.490 e. The molecule has 0 spiro atoms. The zero-order valence-corrected chi connectivity index (χ0v) is 21.7. The summed E-state index contributed by atoms with van der Waals surface area (Å²) in [5.74, 6) is 1.64. The zero-order chi connectivity index (χ0) is 24.8. The standard InChI is InChI=1S/C30H34ClNO3/c1-29(2,3)21-9-12-24(13-10-21)35-26-15-8-19-16-22(30(4)18-34-28(33)32-30)11-14-25(19)27(26)20-6-5-7-23(31)17-20/h5-8,11,14-17,21,24H,9-10,12-13,18H2,1-4H3,(H,32,33)/t21-,24-,30-/m0/s1. The molecule has 184 valence electrons. The van der Waals surface area contributed by atoms with E-state index in [9.17, 15) is 4.79 Å². The molecule has 5 rings (SSSR count). The minimum Gasteiger partial charge on any atom is -0.490 e. The van der Waals surface area contributed by atoms with Gasteiger partial charge in [0.05, 0.1) is 11.6 Å². The summed E-state index contributed by atoms with van der Waals surface area (Å²) in [4.78, 5) is 11.7. The minimum atomic E-state index is -0.539. The van der Waals surface area contributed by atoms with Gasteiger partial charge in [-0.2, -0.15) is 0 Å². The number of fused-ring (bicyclic) bond motifs is 1. The molecule has 2 fully saturated rings. The number of alkyl carbamates (subject to hydrolysis) is 1. The highest BCUT2D eigenvalue weighted by Gasteiger charge is 2.37. The Labute approximate surface area is 213 Å². The molecule has 1 saturated carbocycles. The molecular formula is C30H34ClNO3. The van der Waals surface area contributed by atoms with Crippen molar-refractivity contribution in [1.29, 1.82) is 0 Å². The molecule has 3 aromatic rings. The van der Waals surface area contributed by atoms with Crippen molar-refractivity contribution in [2.24, 2.45) is 11.3 Å². The van der Waals surface area contributed by atoms with Gasteiger partial charge >= 0.3 is 6.09 Å². The maximum Gasteiger partial charge on any atom is 0.408 e. The van der Waals surface area contributed by atoms with Crippen LogP contribution in [0.25, 0.3) is 21.9 Å². The molecule has 2 aliphatic rings. The number of benzene rings is 3. The first kappa shape index (κ1) is 24.0. The van der Waals surface area contributed by atoms with E-state index >= 15 is 0 Å². The van der Waals surface area contributed by atoms with E-state index in [0.29, 0.717) is 17.0 Å². The van der Waals surface area contributed by atoms with Crippen molar-refractivity contribution in [3.63, 3.8) is 0 Å². The summed E-state index contributed by atoms with van der Waals surface area (Å²) in [5, 5.41) is 5.83. The summed E-state index contributed by atoms with van der Waals surface area (Å²) in [5.41, 5.74) is 2.92. The van der Waals surface area contributed by atoms with Gasteiger partial charge in [0.1, 0.15) is 12.4 Å². The Balaban J connectivity index is 1.52. The minimum absolute atomic E-state index is 0.216. The van der Waals surface area contributed by atoms with E-state index in [4.69, 9.17) is 21.1 Å². The summed E-state index contributed by atoms with van der Waals surface area (Å²) < 4.78 is 11.9. The third-order valence-electron chi connectivity index (χ3n) is 7.79. The van der Waals surface area contributed by atoms with Crippen LogP contribution in [0.2, 0.25) is 5.02 Å². The topological polar surface area (TPSA) is 47.6 Å². The van der Waals surface area contributed by atoms with E-state index in [0.717, 1.165) is 52.0 Å². The molecule has 35 heavy (non-hydrogen) atoms. The van der Waals surface area contributed by atoms with Crippen LogP contribution in [0.3, 0.4) is 0 Å². The Bertz CT molecular complexity index is 1260. The van der Waals surface area contributed by atoms with Gasteiger partial charge in [0.15, 0.2) is 0 Å². The predicted octanol–water partition coefficient (Wildman–Crippen LogP) is 8.10. The molecule has 0 bridgehead atoms. The Morgan fingerprint density at radius 1 is 1.03 bits per heavy atom. The highest BCUT2D eigenvalue weighted by Crippen LogP contribution is 2.43. The van der Waals surface area contributed by atoms with Crippen LogP contribution >= 0.6 is 11.6 Å². The van der Waals surface area contributed by atoms with Crippen molar-refractivity contribution in [3.05, 3.63) is 65.2 Å². The Morgan fingerprint density at radius 3 is 2.46 bits per heavy atom. The van der Waals surface area contributed by atoms with Crippen LogP contribution in [-0.4, -0.2) is 18.8 Å². The van der Waals surface area contributed by atoms with Gasteiger partial charge in [-0.05, 0) is 90.1 Å². The lowest BCUT2D eigenvalue weighted by Gasteiger charge is -2.37. The number of ether oxygens (including phenoxy) is 2. The van der Waals surface area contributed by atoms with E-state index in [2.05, 4.69) is 62.5 Å². The molecule has 4 nitrogen and oxygen atoms in total. The Hall–Kier alpha value is -2.72. The first-order valence-electron chi connectivity index (χ1n) is 12.6. The number of halogens is 1. The van der Waals surface area contributed by atoms with E-state index < -0.39 is 5.54 Å². The second kappa shape index (κ2) is 9.05. The number of carbonyl (C=O) groups is 1. The Morgan fingerprint density at radius 2 is 1.80 bits per heavy atom. The number of amides is 1. The highest BCUT2D eigenvalue weighted by molar-refractivity contribution is 6.31. The van der Waals surface area contributed by atoms with Crippen molar-refractivity contribution in [2.45, 2.75) is 65.0 Å². The van der Waals surface area contributed by atoms with E-state index in [1.165, 1.54) is 12.8 Å². The van der Waals surface area contributed by atoms with Crippen LogP contribution in [0.1, 0.15) is 58.9 Å². The molecule has 1 heterocycles. The van der Waals surface area contributed by atoms with Crippen LogP contribution in [0, 0.1) is 11.3 Å². The molecule has 0 radical (unpaired) electrons. The molecule has 3 aromatic carbocycles. The second-order valence-corrected chi connectivity index (χ2v) is 11.8. The van der Waals surface area contributed by atoms with Crippen molar-refractivity contribution in [1.82, 2.24) is 5.32 Å². The molecule has 0 unspecified atom stereocenters. The van der Waals surface area contributed by atoms with Crippen LogP contribution in [0.4, 0.5) is 4.79 Å². The maximum atomic E-state index is 11.7. The molecule has 1 saturated heterocycles. The molecule has 1 amide bonds. The molecular weight excluding hydrogens is 458 g/mol. The third-order valence-corrected chi connectivity index (χ3v) is 8.03. The quantitative estimate of drug-likeness (QED) is 0.401. The van der Waals surface area contributed by atoms with E-state index in [1.54, 1.807) is 0 Å². The van der Waals surface area contributed by atoms with Crippen molar-refractivity contribution < 1.29 is 14.3 Å². The van der Waals surface area contributed by atoms with Gasteiger partial charge in [0, 0.05) is 10.6 Å². The number of cyclic esters (lactones) is 1. The van der Waals surface area contributed by atoms with E-state index in [-0.39, 0.29) is 12.2 Å². The molecule has 1 atom stereocenters. The number of carbonyl (C=O) groups excluding carboxylic acids is 1. The first-order chi connectivity index (χ1) is 16.6. The van der Waals surface area contributed by atoms with Crippen LogP contribution < -0.4 is 10.1 Å². The summed E-state index contributed by atoms with van der Waals surface area (Å²) in [6.45, 7) is 9.34. The fourth-order valence-electron chi connectivity index (χ4n) is 5.58. The lowest BCUT2D eigenvalue weighted by atomic mass is 9.72. The van der Waals surface area contributed by atoms with Gasteiger partial charge in [-0.15, -0.1) is 0 Å². The molecule has 5 heteroatoms. The third kappa shape index (κ3) is 4.86. The van der Waals surface area contributed by atoms with Gasteiger partial charge in [-0.25, -0.2) is 4.79 Å². The number of rotatable bonds is 4. The smallest absolute Gasteiger partial charge is 0.408 e. The van der Waals surface area contributed by atoms with Crippen LogP contribution in [0.15, 0.2) is 54.6 Å². The average molecular weight is 492 g/mol. The van der Waals surface area contributed by atoms with Crippen molar-refractivity contribution >= 4 is 28.5 Å². The predicted molar refractivity (Wildman–Crippen MR) is 142 cm³/mol. The molecule has 1 aliphatic heterocycles. The van der Waals surface area contributed by atoms with Gasteiger partial charge in [0.2, 0.25) is 0 Å². The monoisotopic (exact) mass is 491 g/mol. The lowest BCUT2D eigenvalue weighted by molar-refractivity contribution is 0.0887. The Kier molecular flexibility index (Phi) is 6.21. The SMILES string of the molecule is CC(C)(C)[C@H]1CC[C@H](Oc2ccc3cc([C@]4(C)COC(=O)N4)ccc3c2-c2cccc(Cl)c2)CC1. The zero-order valence-electron chi connectivity index (χ0n) is 21.0. The van der Waals surface area contributed by atoms with Crippen molar-refractivity contribution in [2.75, 3.05) is 6.61 Å². The lowest BCUT2D eigenvalue weighted by Crippen LogP contribution is -2.37. The highest BCUT2D eigenvalue weighted by atomic mass is 35.5. The second-order valence-electron chi connectivity index (χ2n) is 11.4. The van der Waals surface area contributed by atoms with Gasteiger partial charge in [-0.1, -0.05) is 62.7 Å². The van der Waals surface area contributed by atoms with Crippen molar-refractivity contribution in [3.8, 4) is 16.9 Å². The van der Waals surface area contributed by atoms with E-state index in [1.807, 2.05) is 25.1 Å². The van der Waals surface area contributed by atoms with Gasteiger partial charge < -0.3 is 14.8 Å². The number of hydrogen-bond donors (Lipinski definition) is 1. The summed E-state index contributed by atoms with van der Waals surface area (Å²) >= 11 is 6.40. The average Bonchev–Trinajstić information content (AvgIpc) is 3.18. The van der Waals surface area contributed by atoms with Gasteiger partial charge in [0.25, 0.3) is 0 Å². The molecule has 1 aliphatic carbocycles. The summed E-state index contributed by atoms with van der Waals surface area (Å²) in [6.07, 6.45) is 4.39. The number of hydrogen-bond acceptors (Lipinski definition) is 3. The van der Waals surface area contributed by atoms with Crippen LogP contribution in [0.5, 0.6) is 5.75 Å². The fourth-order valence-corrected chi connectivity index (χ4v) is 5.77. The van der Waals surface area contributed by atoms with Crippen LogP contribution in [-0.2, 0) is 10.3 Å². The summed E-state index contributed by atoms with van der Waals surface area (Å²) in [7, 11) is 0. The normalized spacial score (nSPS) is 24.8. The first-order valence-corrected chi connectivity index (χ1v) is 12.9. The fraction of sp³-hybridized carbons (Fsp3) is 0.433. The maximum absolute atomic E-state index is 11.7.